The molecule has 0 aliphatic heterocycles. The number of rotatable bonds is 5. The number of hydrogen-bond donors (Lipinski definition) is 2. The van der Waals surface area contributed by atoms with Crippen LogP contribution in [0.4, 0.5) is 0 Å². The fourth-order valence-corrected chi connectivity index (χ4v) is 2.17. The molecular weight excluding hydrogens is 196 g/mol. The molecule has 0 radical (unpaired) electrons. The molecule has 14 heavy (non-hydrogen) atoms. The predicted octanol–water partition coefficient (Wildman–Crippen LogP) is 0.899. The standard InChI is InChI=1S/C10H20N2OS/c1-12(7-4-9(11)14)8-10(13)5-2-3-6-10/h13H,2-8H2,1H3,(H2,11,14). The molecule has 0 unspecified atom stereocenters. The zero-order valence-electron chi connectivity index (χ0n) is 8.83. The molecule has 0 atom stereocenters. The van der Waals surface area contributed by atoms with E-state index in [0.717, 1.165) is 45.2 Å². The van der Waals surface area contributed by atoms with E-state index in [9.17, 15) is 5.11 Å². The first kappa shape index (κ1) is 11.9. The highest BCUT2D eigenvalue weighted by molar-refractivity contribution is 7.80. The summed E-state index contributed by atoms with van der Waals surface area (Å²) in [5.74, 6) is 0. The van der Waals surface area contributed by atoms with Gasteiger partial charge in [-0.3, -0.25) is 0 Å². The molecule has 0 aromatic heterocycles. The molecule has 82 valence electrons. The Balaban J connectivity index is 2.25. The van der Waals surface area contributed by atoms with Crippen LogP contribution in [-0.4, -0.2) is 40.7 Å². The third-order valence-corrected chi connectivity index (χ3v) is 3.04. The molecule has 0 bridgehead atoms. The van der Waals surface area contributed by atoms with Crippen LogP contribution in [0.1, 0.15) is 32.1 Å². The first-order valence-electron chi connectivity index (χ1n) is 5.21. The van der Waals surface area contributed by atoms with Gasteiger partial charge in [-0.15, -0.1) is 0 Å². The zero-order valence-corrected chi connectivity index (χ0v) is 9.65. The number of nitrogens with two attached hydrogens (primary N) is 1. The van der Waals surface area contributed by atoms with Crippen molar-refractivity contribution in [3.05, 3.63) is 0 Å². The van der Waals surface area contributed by atoms with E-state index in [4.69, 9.17) is 18.0 Å². The van der Waals surface area contributed by atoms with Crippen molar-refractivity contribution in [2.75, 3.05) is 20.1 Å². The number of hydrogen-bond acceptors (Lipinski definition) is 3. The Hall–Kier alpha value is -0.190. The van der Waals surface area contributed by atoms with Crippen LogP contribution < -0.4 is 5.73 Å². The van der Waals surface area contributed by atoms with E-state index >= 15 is 0 Å². The SMILES string of the molecule is CN(CCC(N)=S)CC1(O)CCCC1. The van der Waals surface area contributed by atoms with E-state index in [1.54, 1.807) is 0 Å². The monoisotopic (exact) mass is 216 g/mol. The first-order valence-corrected chi connectivity index (χ1v) is 5.62. The Morgan fingerprint density at radius 3 is 2.57 bits per heavy atom. The molecule has 1 fully saturated rings. The van der Waals surface area contributed by atoms with Crippen LogP contribution in [0.15, 0.2) is 0 Å². The van der Waals surface area contributed by atoms with Crippen molar-refractivity contribution < 1.29 is 5.11 Å². The molecule has 0 aromatic rings. The van der Waals surface area contributed by atoms with Gasteiger partial charge in [-0.05, 0) is 19.9 Å². The number of likely N-dealkylation sites (N-methyl/N-ethyl adjacent to an activating group) is 1. The summed E-state index contributed by atoms with van der Waals surface area (Å²) in [5, 5.41) is 10.1. The topological polar surface area (TPSA) is 49.5 Å². The Kier molecular flexibility index (Phi) is 4.29. The van der Waals surface area contributed by atoms with Gasteiger partial charge in [0.1, 0.15) is 0 Å². The average Bonchev–Trinajstić information content (AvgIpc) is 2.48. The van der Waals surface area contributed by atoms with Crippen molar-refractivity contribution in [2.45, 2.75) is 37.7 Å². The van der Waals surface area contributed by atoms with Crippen molar-refractivity contribution in [2.24, 2.45) is 5.73 Å². The van der Waals surface area contributed by atoms with Crippen LogP contribution in [0.5, 0.6) is 0 Å². The van der Waals surface area contributed by atoms with Gasteiger partial charge in [0.15, 0.2) is 0 Å². The van der Waals surface area contributed by atoms with Gasteiger partial charge in [-0.2, -0.15) is 0 Å². The van der Waals surface area contributed by atoms with E-state index in [1.165, 1.54) is 0 Å². The summed E-state index contributed by atoms with van der Waals surface area (Å²) in [6.45, 7) is 1.59. The second-order valence-electron chi connectivity index (χ2n) is 4.39. The van der Waals surface area contributed by atoms with Gasteiger partial charge in [0.2, 0.25) is 0 Å². The maximum absolute atomic E-state index is 10.1. The van der Waals surface area contributed by atoms with E-state index < -0.39 is 5.60 Å². The minimum atomic E-state index is -0.453. The molecule has 1 rings (SSSR count). The maximum atomic E-state index is 10.1. The lowest BCUT2D eigenvalue weighted by molar-refractivity contribution is 0.0171. The second kappa shape index (κ2) is 5.05. The van der Waals surface area contributed by atoms with Crippen LogP contribution in [-0.2, 0) is 0 Å². The lowest BCUT2D eigenvalue weighted by Gasteiger charge is -2.28. The average molecular weight is 216 g/mol. The van der Waals surface area contributed by atoms with Gasteiger partial charge in [0.05, 0.1) is 10.6 Å². The Morgan fingerprint density at radius 1 is 1.50 bits per heavy atom. The van der Waals surface area contributed by atoms with Crippen LogP contribution in [0, 0.1) is 0 Å². The molecule has 1 aliphatic rings. The van der Waals surface area contributed by atoms with Crippen LogP contribution in [0.2, 0.25) is 0 Å². The van der Waals surface area contributed by atoms with Gasteiger partial charge in [0, 0.05) is 19.5 Å². The fourth-order valence-electron chi connectivity index (χ4n) is 2.07. The van der Waals surface area contributed by atoms with Gasteiger partial charge in [-0.25, -0.2) is 0 Å². The summed E-state index contributed by atoms with van der Waals surface area (Å²) >= 11 is 4.81. The molecule has 1 aliphatic carbocycles. The quantitative estimate of drug-likeness (QED) is 0.670. The maximum Gasteiger partial charge on any atom is 0.0774 e. The normalized spacial score (nSPS) is 20.2. The van der Waals surface area contributed by atoms with Crippen molar-refractivity contribution in [3.63, 3.8) is 0 Å². The van der Waals surface area contributed by atoms with Gasteiger partial charge in [0.25, 0.3) is 0 Å². The molecule has 0 aromatic carbocycles. The Morgan fingerprint density at radius 2 is 2.07 bits per heavy atom. The lowest BCUT2D eigenvalue weighted by Crippen LogP contribution is -2.40. The third-order valence-electron chi connectivity index (χ3n) is 2.84. The smallest absolute Gasteiger partial charge is 0.0774 e. The van der Waals surface area contributed by atoms with Gasteiger partial charge < -0.3 is 15.7 Å². The number of aliphatic hydroxyl groups is 1. The highest BCUT2D eigenvalue weighted by atomic mass is 32.1. The largest absolute Gasteiger partial charge is 0.393 e. The molecule has 0 heterocycles. The summed E-state index contributed by atoms with van der Waals surface area (Å²) in [4.78, 5) is 2.67. The molecule has 1 saturated carbocycles. The minimum absolute atomic E-state index is 0.453. The lowest BCUT2D eigenvalue weighted by atomic mass is 10.0. The molecular formula is C10H20N2OS. The third kappa shape index (κ3) is 3.90. The van der Waals surface area contributed by atoms with Crippen molar-refractivity contribution >= 4 is 17.2 Å². The van der Waals surface area contributed by atoms with E-state index in [1.807, 2.05) is 7.05 Å². The van der Waals surface area contributed by atoms with E-state index in [-0.39, 0.29) is 0 Å². The van der Waals surface area contributed by atoms with Crippen molar-refractivity contribution in [1.29, 1.82) is 0 Å². The Bertz CT molecular complexity index is 202. The number of nitrogens with zero attached hydrogens (tertiary/aromatic N) is 1. The van der Waals surface area contributed by atoms with Crippen molar-refractivity contribution in [1.82, 2.24) is 4.90 Å². The predicted molar refractivity (Wildman–Crippen MR) is 62.3 cm³/mol. The first-order chi connectivity index (χ1) is 6.52. The fraction of sp³-hybridized carbons (Fsp3) is 0.900. The molecule has 3 nitrogen and oxygen atoms in total. The van der Waals surface area contributed by atoms with Crippen LogP contribution >= 0.6 is 12.2 Å². The molecule has 0 spiro atoms. The van der Waals surface area contributed by atoms with E-state index in [0.29, 0.717) is 4.99 Å². The van der Waals surface area contributed by atoms with Gasteiger partial charge >= 0.3 is 0 Å². The Labute approximate surface area is 91.3 Å². The van der Waals surface area contributed by atoms with Crippen LogP contribution in [0.25, 0.3) is 0 Å². The molecule has 0 amide bonds. The number of thiocarbonyl (C=S) groups is 1. The summed E-state index contributed by atoms with van der Waals surface area (Å²) in [5.41, 5.74) is 4.97. The molecule has 3 N–H and O–H groups in total. The summed E-state index contributed by atoms with van der Waals surface area (Å²) in [6, 6.07) is 0. The molecule has 4 heteroatoms. The summed E-state index contributed by atoms with van der Waals surface area (Å²) in [6.07, 6.45) is 4.91. The molecule has 0 saturated heterocycles. The zero-order chi connectivity index (χ0) is 10.6. The summed E-state index contributed by atoms with van der Waals surface area (Å²) in [7, 11) is 2.01. The highest BCUT2D eigenvalue weighted by Gasteiger charge is 2.31. The van der Waals surface area contributed by atoms with Crippen LogP contribution in [0.3, 0.4) is 0 Å². The second-order valence-corrected chi connectivity index (χ2v) is 4.91. The summed E-state index contributed by atoms with van der Waals surface area (Å²) < 4.78 is 0. The highest BCUT2D eigenvalue weighted by Crippen LogP contribution is 2.29. The van der Waals surface area contributed by atoms with Crippen molar-refractivity contribution in [3.8, 4) is 0 Å². The van der Waals surface area contributed by atoms with E-state index in [2.05, 4.69) is 4.90 Å². The minimum Gasteiger partial charge on any atom is -0.393 e. The van der Waals surface area contributed by atoms with Gasteiger partial charge in [-0.1, -0.05) is 25.1 Å².